The second kappa shape index (κ2) is 4.62. The van der Waals surface area contributed by atoms with Crippen LogP contribution in [0.2, 0.25) is 0 Å². The van der Waals surface area contributed by atoms with Gasteiger partial charge in [-0.05, 0) is 33.5 Å². The lowest BCUT2D eigenvalue weighted by Crippen LogP contribution is -2.14. The first-order valence-corrected chi connectivity index (χ1v) is 5.68. The highest BCUT2D eigenvalue weighted by molar-refractivity contribution is 9.10. The predicted molar refractivity (Wildman–Crippen MR) is 62.5 cm³/mol. The Morgan fingerprint density at radius 3 is 2.31 bits per heavy atom. The molecule has 88 valence electrons. The third-order valence-corrected chi connectivity index (χ3v) is 2.61. The number of benzene rings is 1. The van der Waals surface area contributed by atoms with Crippen LogP contribution in [0.3, 0.4) is 0 Å². The van der Waals surface area contributed by atoms with Crippen molar-refractivity contribution in [2.45, 2.75) is 27.2 Å². The molecule has 0 aliphatic carbocycles. The van der Waals surface area contributed by atoms with E-state index < -0.39 is 11.6 Å². The van der Waals surface area contributed by atoms with E-state index in [1.807, 2.05) is 20.8 Å². The summed E-state index contributed by atoms with van der Waals surface area (Å²) in [5, 5.41) is 0. The molecule has 4 heteroatoms. The van der Waals surface area contributed by atoms with Crippen LogP contribution < -0.4 is 0 Å². The van der Waals surface area contributed by atoms with Gasteiger partial charge in [-0.3, -0.25) is 4.79 Å². The summed E-state index contributed by atoms with van der Waals surface area (Å²) in [7, 11) is 0. The van der Waals surface area contributed by atoms with Crippen LogP contribution in [0.1, 0.15) is 37.6 Å². The Balaban J connectivity index is 3.05. The maximum atomic E-state index is 13.4. The van der Waals surface area contributed by atoms with Crippen LogP contribution in [0.15, 0.2) is 16.6 Å². The van der Waals surface area contributed by atoms with Crippen molar-refractivity contribution in [3.63, 3.8) is 0 Å². The second-order valence-corrected chi connectivity index (χ2v) is 5.76. The van der Waals surface area contributed by atoms with E-state index in [-0.39, 0.29) is 27.7 Å². The Labute approximate surface area is 102 Å². The molecule has 0 N–H and O–H groups in total. The largest absolute Gasteiger partial charge is 0.294 e. The summed E-state index contributed by atoms with van der Waals surface area (Å²) in [5.41, 5.74) is -0.428. The first-order chi connectivity index (χ1) is 7.20. The van der Waals surface area contributed by atoms with Crippen LogP contribution in [0, 0.1) is 17.0 Å². The molecule has 0 fully saturated rings. The topological polar surface area (TPSA) is 17.1 Å². The molecule has 0 atom stereocenters. The molecule has 0 aliphatic heterocycles. The number of carbonyl (C=O) groups is 1. The van der Waals surface area contributed by atoms with Crippen molar-refractivity contribution in [1.29, 1.82) is 0 Å². The highest BCUT2D eigenvalue weighted by Crippen LogP contribution is 2.25. The smallest absolute Gasteiger partial charge is 0.166 e. The summed E-state index contributed by atoms with van der Waals surface area (Å²) in [6.45, 7) is 5.62. The Kier molecular flexibility index (Phi) is 3.84. The van der Waals surface area contributed by atoms with E-state index in [0.717, 1.165) is 12.1 Å². The number of hydrogen-bond acceptors (Lipinski definition) is 1. The van der Waals surface area contributed by atoms with E-state index in [9.17, 15) is 13.6 Å². The number of halogens is 3. The van der Waals surface area contributed by atoms with E-state index in [1.165, 1.54) is 0 Å². The molecule has 0 heterocycles. The van der Waals surface area contributed by atoms with Crippen LogP contribution in [0.25, 0.3) is 0 Å². The maximum absolute atomic E-state index is 13.4. The fourth-order valence-corrected chi connectivity index (χ4v) is 1.63. The van der Waals surface area contributed by atoms with Crippen LogP contribution >= 0.6 is 15.9 Å². The summed E-state index contributed by atoms with van der Waals surface area (Å²) in [6.07, 6.45) is 0.186. The van der Waals surface area contributed by atoms with Crippen molar-refractivity contribution in [2.75, 3.05) is 0 Å². The number of carbonyl (C=O) groups excluding carboxylic acids is 1. The van der Waals surface area contributed by atoms with Gasteiger partial charge in [-0.25, -0.2) is 8.78 Å². The summed E-state index contributed by atoms with van der Waals surface area (Å²) in [4.78, 5) is 11.7. The lowest BCUT2D eigenvalue weighted by Gasteiger charge is -2.17. The Morgan fingerprint density at radius 1 is 1.25 bits per heavy atom. The van der Waals surface area contributed by atoms with Gasteiger partial charge in [0, 0.05) is 6.42 Å². The molecular formula is C12H13BrF2O. The van der Waals surface area contributed by atoms with Gasteiger partial charge >= 0.3 is 0 Å². The molecule has 0 aromatic heterocycles. The van der Waals surface area contributed by atoms with Crippen LogP contribution in [-0.2, 0) is 0 Å². The number of ketones is 1. The highest BCUT2D eigenvalue weighted by Gasteiger charge is 2.21. The molecule has 1 aromatic carbocycles. The van der Waals surface area contributed by atoms with E-state index in [4.69, 9.17) is 0 Å². The molecular weight excluding hydrogens is 278 g/mol. The minimum atomic E-state index is -0.692. The van der Waals surface area contributed by atoms with Gasteiger partial charge in [-0.2, -0.15) is 0 Å². The first kappa shape index (κ1) is 13.3. The molecule has 1 aromatic rings. The fourth-order valence-electron chi connectivity index (χ4n) is 1.31. The van der Waals surface area contributed by atoms with Gasteiger partial charge in [0.1, 0.15) is 11.6 Å². The molecule has 0 bridgehead atoms. The molecule has 16 heavy (non-hydrogen) atoms. The number of Topliss-reactive ketones (excluding diaryl/α,β-unsaturated/α-hetero) is 1. The summed E-state index contributed by atoms with van der Waals surface area (Å²) >= 11 is 2.86. The zero-order chi connectivity index (χ0) is 12.5. The van der Waals surface area contributed by atoms with Gasteiger partial charge < -0.3 is 0 Å². The quantitative estimate of drug-likeness (QED) is 0.585. The Morgan fingerprint density at radius 2 is 1.81 bits per heavy atom. The molecule has 0 unspecified atom stereocenters. The number of hydrogen-bond donors (Lipinski definition) is 0. The van der Waals surface area contributed by atoms with E-state index >= 15 is 0 Å². The average Bonchev–Trinajstić information content (AvgIpc) is 2.08. The third kappa shape index (κ3) is 3.37. The molecule has 0 spiro atoms. The van der Waals surface area contributed by atoms with Crippen molar-refractivity contribution < 1.29 is 13.6 Å². The summed E-state index contributed by atoms with van der Waals surface area (Å²) < 4.78 is 26.7. The van der Waals surface area contributed by atoms with E-state index in [1.54, 1.807) is 0 Å². The van der Waals surface area contributed by atoms with Gasteiger partial charge in [0.05, 0.1) is 10.0 Å². The van der Waals surface area contributed by atoms with E-state index in [2.05, 4.69) is 15.9 Å². The molecule has 1 rings (SSSR count). The molecule has 0 amide bonds. The van der Waals surface area contributed by atoms with Crippen molar-refractivity contribution in [3.05, 3.63) is 33.8 Å². The van der Waals surface area contributed by atoms with Crippen molar-refractivity contribution >= 4 is 21.7 Å². The average molecular weight is 291 g/mol. The normalized spacial score (nSPS) is 11.6. The standard InChI is InChI=1S/C12H13BrF2O/c1-12(2,3)6-11(16)7-4-10(15)8(13)5-9(7)14/h4-5H,6H2,1-3H3. The van der Waals surface area contributed by atoms with Gasteiger partial charge in [0.25, 0.3) is 0 Å². The molecule has 0 aliphatic rings. The monoisotopic (exact) mass is 290 g/mol. The Hall–Kier alpha value is -0.770. The van der Waals surface area contributed by atoms with Gasteiger partial charge in [-0.15, -0.1) is 0 Å². The minimum absolute atomic E-state index is 0.0253. The van der Waals surface area contributed by atoms with Crippen molar-refractivity contribution in [2.24, 2.45) is 5.41 Å². The van der Waals surface area contributed by atoms with Crippen molar-refractivity contribution in [3.8, 4) is 0 Å². The maximum Gasteiger partial charge on any atom is 0.166 e. The first-order valence-electron chi connectivity index (χ1n) is 4.88. The zero-order valence-electron chi connectivity index (χ0n) is 9.40. The molecule has 0 saturated carbocycles. The van der Waals surface area contributed by atoms with E-state index in [0.29, 0.717) is 0 Å². The van der Waals surface area contributed by atoms with Gasteiger partial charge in [-0.1, -0.05) is 20.8 Å². The Bertz CT molecular complexity index is 422. The third-order valence-electron chi connectivity index (χ3n) is 2.00. The fraction of sp³-hybridized carbons (Fsp3) is 0.417. The van der Waals surface area contributed by atoms with Gasteiger partial charge in [0.2, 0.25) is 0 Å². The molecule has 0 radical (unpaired) electrons. The lowest BCUT2D eigenvalue weighted by atomic mass is 9.88. The predicted octanol–water partition coefficient (Wildman–Crippen LogP) is 4.35. The highest BCUT2D eigenvalue weighted by atomic mass is 79.9. The van der Waals surface area contributed by atoms with Crippen LogP contribution in [-0.4, -0.2) is 5.78 Å². The molecule has 0 saturated heterocycles. The minimum Gasteiger partial charge on any atom is -0.294 e. The lowest BCUT2D eigenvalue weighted by molar-refractivity contribution is 0.0935. The SMILES string of the molecule is CC(C)(C)CC(=O)c1cc(F)c(Br)cc1F. The van der Waals surface area contributed by atoms with Crippen molar-refractivity contribution in [1.82, 2.24) is 0 Å². The second-order valence-electron chi connectivity index (χ2n) is 4.91. The van der Waals surface area contributed by atoms with Crippen LogP contribution in [0.4, 0.5) is 8.78 Å². The molecule has 1 nitrogen and oxygen atoms in total. The zero-order valence-corrected chi connectivity index (χ0v) is 11.0. The number of rotatable bonds is 2. The van der Waals surface area contributed by atoms with Crippen LogP contribution in [0.5, 0.6) is 0 Å². The summed E-state index contributed by atoms with van der Waals surface area (Å²) in [5.74, 6) is -1.70. The summed E-state index contributed by atoms with van der Waals surface area (Å²) in [6, 6.07) is 1.92. The van der Waals surface area contributed by atoms with Gasteiger partial charge in [0.15, 0.2) is 5.78 Å².